The lowest BCUT2D eigenvalue weighted by molar-refractivity contribution is -0.917. The number of rotatable bonds is 4. The molecule has 0 saturated carbocycles. The van der Waals surface area contributed by atoms with Crippen LogP contribution in [0, 0.1) is 0 Å². The molecule has 2 aliphatic rings. The van der Waals surface area contributed by atoms with E-state index in [9.17, 15) is 18.0 Å². The second-order valence-electron chi connectivity index (χ2n) is 8.96. The Labute approximate surface area is 196 Å². The SMILES string of the molecule is O=C(c1cnn2c1N[C@@H](c1ccccc1)C[C@@H]2C(F)(F)F)N1CC[NH+](Cc2ccccc2)CC1. The smallest absolute Gasteiger partial charge is 0.363 e. The summed E-state index contributed by atoms with van der Waals surface area (Å²) in [6, 6.07) is 16.9. The normalized spacial score (nSPS) is 21.1. The first-order valence-electron chi connectivity index (χ1n) is 11.5. The van der Waals surface area contributed by atoms with Crippen LogP contribution in [0.25, 0.3) is 0 Å². The molecule has 9 heteroatoms. The number of aromatic nitrogens is 2. The maximum atomic E-state index is 13.9. The predicted molar refractivity (Wildman–Crippen MR) is 121 cm³/mol. The van der Waals surface area contributed by atoms with E-state index in [1.807, 2.05) is 24.3 Å². The number of halogens is 3. The molecule has 0 unspecified atom stereocenters. The van der Waals surface area contributed by atoms with Crippen LogP contribution in [0.15, 0.2) is 66.9 Å². The molecule has 1 fully saturated rings. The zero-order valence-corrected chi connectivity index (χ0v) is 18.6. The van der Waals surface area contributed by atoms with Gasteiger partial charge in [-0.2, -0.15) is 18.3 Å². The molecule has 1 saturated heterocycles. The Bertz CT molecular complexity index is 1120. The van der Waals surface area contributed by atoms with Crippen molar-refractivity contribution in [1.29, 1.82) is 0 Å². The van der Waals surface area contributed by atoms with Crippen molar-refractivity contribution in [3.63, 3.8) is 0 Å². The third-order valence-corrected chi connectivity index (χ3v) is 6.73. The summed E-state index contributed by atoms with van der Waals surface area (Å²) in [6.07, 6.45) is -3.38. The van der Waals surface area contributed by atoms with Gasteiger partial charge in [-0.1, -0.05) is 60.7 Å². The zero-order valence-electron chi connectivity index (χ0n) is 18.6. The van der Waals surface area contributed by atoms with E-state index < -0.39 is 18.3 Å². The second kappa shape index (κ2) is 9.13. The summed E-state index contributed by atoms with van der Waals surface area (Å²) < 4.78 is 42.7. The molecule has 2 aromatic carbocycles. The average Bonchev–Trinajstić information content (AvgIpc) is 3.28. The molecule has 5 rings (SSSR count). The largest absolute Gasteiger partial charge is 0.410 e. The molecule has 2 N–H and O–H groups in total. The molecule has 2 atom stereocenters. The van der Waals surface area contributed by atoms with Crippen LogP contribution in [0.5, 0.6) is 0 Å². The van der Waals surface area contributed by atoms with Crippen molar-refractivity contribution in [1.82, 2.24) is 14.7 Å². The standard InChI is InChI=1S/C25H26F3N5O/c26-25(27,28)22-15-21(19-9-5-2-6-10-19)30-23-20(16-29-33(22)23)24(34)32-13-11-31(12-14-32)17-18-7-3-1-4-8-18/h1-10,16,21-22,30H,11-15,17H2/p+1/t21-,22-/m1/s1. The molecule has 6 nitrogen and oxygen atoms in total. The van der Waals surface area contributed by atoms with Gasteiger partial charge in [0.05, 0.1) is 38.4 Å². The highest BCUT2D eigenvalue weighted by atomic mass is 19.4. The number of hydrogen-bond donors (Lipinski definition) is 2. The van der Waals surface area contributed by atoms with Gasteiger partial charge in [-0.3, -0.25) is 4.79 Å². The molecule has 178 valence electrons. The van der Waals surface area contributed by atoms with Crippen LogP contribution in [0.2, 0.25) is 0 Å². The molecule has 3 aromatic rings. The fraction of sp³-hybridized carbons (Fsp3) is 0.360. The molecule has 0 radical (unpaired) electrons. The lowest BCUT2D eigenvalue weighted by Crippen LogP contribution is -3.13. The second-order valence-corrected chi connectivity index (χ2v) is 8.96. The third kappa shape index (κ3) is 4.52. The van der Waals surface area contributed by atoms with Gasteiger partial charge in [0, 0.05) is 12.0 Å². The van der Waals surface area contributed by atoms with Crippen LogP contribution in [0.4, 0.5) is 19.0 Å². The predicted octanol–water partition coefficient (Wildman–Crippen LogP) is 3.08. The van der Waals surface area contributed by atoms with Crippen molar-refractivity contribution in [2.24, 2.45) is 0 Å². The van der Waals surface area contributed by atoms with E-state index in [1.165, 1.54) is 16.7 Å². The first-order valence-corrected chi connectivity index (χ1v) is 11.5. The molecule has 1 aromatic heterocycles. The summed E-state index contributed by atoms with van der Waals surface area (Å²) in [4.78, 5) is 16.4. The van der Waals surface area contributed by atoms with Gasteiger partial charge in [-0.05, 0) is 5.56 Å². The Kier molecular flexibility index (Phi) is 6.03. The topological polar surface area (TPSA) is 54.6 Å². The maximum absolute atomic E-state index is 13.9. The van der Waals surface area contributed by atoms with Crippen molar-refractivity contribution < 1.29 is 22.9 Å². The number of nitrogens with one attached hydrogen (secondary N) is 2. The highest BCUT2D eigenvalue weighted by Gasteiger charge is 2.47. The fourth-order valence-corrected chi connectivity index (χ4v) is 4.88. The van der Waals surface area contributed by atoms with Gasteiger partial charge in [0.15, 0.2) is 6.04 Å². The number of alkyl halides is 3. The monoisotopic (exact) mass is 470 g/mol. The molecule has 34 heavy (non-hydrogen) atoms. The quantitative estimate of drug-likeness (QED) is 0.616. The summed E-state index contributed by atoms with van der Waals surface area (Å²) >= 11 is 0. The molecule has 0 bridgehead atoms. The summed E-state index contributed by atoms with van der Waals surface area (Å²) in [5, 5.41) is 7.17. The summed E-state index contributed by atoms with van der Waals surface area (Å²) in [7, 11) is 0. The Morgan fingerprint density at radius 3 is 2.32 bits per heavy atom. The van der Waals surface area contributed by atoms with Crippen LogP contribution in [0.3, 0.4) is 0 Å². The zero-order chi connectivity index (χ0) is 23.7. The van der Waals surface area contributed by atoms with E-state index in [4.69, 9.17) is 0 Å². The van der Waals surface area contributed by atoms with Gasteiger partial charge in [0.2, 0.25) is 0 Å². The van der Waals surface area contributed by atoms with Crippen LogP contribution in [0.1, 0.15) is 40.0 Å². The minimum Gasteiger partial charge on any atom is -0.363 e. The van der Waals surface area contributed by atoms with Crippen molar-refractivity contribution in [3.8, 4) is 0 Å². The number of quaternary nitrogens is 1. The highest BCUT2D eigenvalue weighted by Crippen LogP contribution is 2.44. The van der Waals surface area contributed by atoms with Gasteiger partial charge in [-0.15, -0.1) is 0 Å². The number of hydrogen-bond acceptors (Lipinski definition) is 3. The molecular formula is C25H27F3N5O+. The van der Waals surface area contributed by atoms with E-state index in [0.29, 0.717) is 13.1 Å². The molecule has 2 aliphatic heterocycles. The summed E-state index contributed by atoms with van der Waals surface area (Å²) in [6.45, 7) is 3.57. The van der Waals surface area contributed by atoms with Crippen LogP contribution in [-0.4, -0.2) is 52.9 Å². The molecule has 0 spiro atoms. The Balaban J connectivity index is 1.33. The number of amides is 1. The fourth-order valence-electron chi connectivity index (χ4n) is 4.88. The first-order chi connectivity index (χ1) is 16.4. The van der Waals surface area contributed by atoms with E-state index in [2.05, 4.69) is 22.5 Å². The average molecular weight is 471 g/mol. The Morgan fingerprint density at radius 1 is 1.03 bits per heavy atom. The van der Waals surface area contributed by atoms with Crippen molar-refractivity contribution >= 4 is 11.7 Å². The minimum absolute atomic E-state index is 0.145. The van der Waals surface area contributed by atoms with Crippen LogP contribution in [-0.2, 0) is 6.54 Å². The Morgan fingerprint density at radius 2 is 1.68 bits per heavy atom. The van der Waals surface area contributed by atoms with E-state index in [-0.39, 0.29) is 23.7 Å². The van der Waals surface area contributed by atoms with Gasteiger partial charge in [-0.25, -0.2) is 4.68 Å². The van der Waals surface area contributed by atoms with Crippen LogP contribution >= 0.6 is 0 Å². The Hall–Kier alpha value is -3.33. The van der Waals surface area contributed by atoms with Gasteiger partial charge in [0.1, 0.15) is 17.9 Å². The number of carbonyl (C=O) groups excluding carboxylic acids is 1. The van der Waals surface area contributed by atoms with Gasteiger partial charge >= 0.3 is 6.18 Å². The van der Waals surface area contributed by atoms with Gasteiger partial charge < -0.3 is 15.1 Å². The first kappa shape index (κ1) is 22.5. The number of piperazine rings is 1. The molecule has 3 heterocycles. The third-order valence-electron chi connectivity index (χ3n) is 6.73. The summed E-state index contributed by atoms with van der Waals surface area (Å²) in [5.41, 5.74) is 2.19. The van der Waals surface area contributed by atoms with Crippen molar-refractivity contribution in [3.05, 3.63) is 83.6 Å². The number of anilines is 1. The van der Waals surface area contributed by atoms with E-state index >= 15 is 0 Å². The number of carbonyl (C=O) groups is 1. The van der Waals surface area contributed by atoms with E-state index in [1.54, 1.807) is 29.2 Å². The number of benzene rings is 2. The van der Waals surface area contributed by atoms with Crippen molar-refractivity contribution in [2.45, 2.75) is 31.2 Å². The summed E-state index contributed by atoms with van der Waals surface area (Å²) in [5.74, 6) is -0.131. The molecule has 0 aliphatic carbocycles. The van der Waals surface area contributed by atoms with Crippen LogP contribution < -0.4 is 10.2 Å². The minimum atomic E-state index is -4.47. The molecule has 1 amide bonds. The molecular weight excluding hydrogens is 443 g/mol. The number of nitrogens with zero attached hydrogens (tertiary/aromatic N) is 3. The lowest BCUT2D eigenvalue weighted by atomic mass is 9.96. The highest BCUT2D eigenvalue weighted by molar-refractivity contribution is 5.99. The lowest BCUT2D eigenvalue weighted by Gasteiger charge is -2.35. The van der Waals surface area contributed by atoms with Gasteiger partial charge in [0.25, 0.3) is 5.91 Å². The van der Waals surface area contributed by atoms with E-state index in [0.717, 1.165) is 29.9 Å². The van der Waals surface area contributed by atoms with Crippen molar-refractivity contribution in [2.75, 3.05) is 31.5 Å². The number of fused-ring (bicyclic) bond motifs is 1. The maximum Gasteiger partial charge on any atom is 0.410 e.